The highest BCUT2D eigenvalue weighted by Gasteiger charge is 2.39. The minimum absolute atomic E-state index is 0. The van der Waals surface area contributed by atoms with Gasteiger partial charge in [0.2, 0.25) is 5.91 Å². The zero-order chi connectivity index (χ0) is 17.3. The summed E-state index contributed by atoms with van der Waals surface area (Å²) in [5.41, 5.74) is 5.04. The minimum Gasteiger partial charge on any atom is -0.341 e. The van der Waals surface area contributed by atoms with Gasteiger partial charge in [-0.3, -0.25) is 4.79 Å². The van der Waals surface area contributed by atoms with Gasteiger partial charge in [0.15, 0.2) is 0 Å². The molecule has 0 heterocycles. The van der Waals surface area contributed by atoms with Gasteiger partial charge in [0.1, 0.15) is 0 Å². The summed E-state index contributed by atoms with van der Waals surface area (Å²) in [4.78, 5) is 14.0. The van der Waals surface area contributed by atoms with Gasteiger partial charge in [-0.2, -0.15) is 13.2 Å². The molecule has 2 N–H and O–H groups in total. The Morgan fingerprint density at radius 2 is 1.96 bits per heavy atom. The largest absolute Gasteiger partial charge is 0.416 e. The highest BCUT2D eigenvalue weighted by Crippen LogP contribution is 2.35. The van der Waals surface area contributed by atoms with E-state index >= 15 is 0 Å². The zero-order valence-corrected chi connectivity index (χ0v) is 14.7. The van der Waals surface area contributed by atoms with Crippen molar-refractivity contribution in [3.63, 3.8) is 0 Å². The monoisotopic (exact) mass is 364 g/mol. The Hall–Kier alpha value is -1.27. The molecule has 1 saturated carbocycles. The number of carbonyl (C=O) groups is 1. The Morgan fingerprint density at radius 1 is 1.33 bits per heavy atom. The van der Waals surface area contributed by atoms with E-state index in [2.05, 4.69) is 0 Å². The van der Waals surface area contributed by atoms with Gasteiger partial charge in [0, 0.05) is 19.1 Å². The molecule has 0 radical (unpaired) electrons. The first kappa shape index (κ1) is 20.8. The van der Waals surface area contributed by atoms with Crippen LogP contribution < -0.4 is 5.73 Å². The summed E-state index contributed by atoms with van der Waals surface area (Å²) < 4.78 is 39.2. The predicted octanol–water partition coefficient (Wildman–Crippen LogP) is 3.99. The molecule has 1 aromatic carbocycles. The van der Waals surface area contributed by atoms with Gasteiger partial charge in [0.25, 0.3) is 0 Å². The van der Waals surface area contributed by atoms with E-state index in [1.807, 2.05) is 6.92 Å². The number of carbonyl (C=O) groups excluding carboxylic acids is 1. The lowest BCUT2D eigenvalue weighted by molar-refractivity contribution is -0.141. The van der Waals surface area contributed by atoms with Crippen LogP contribution >= 0.6 is 12.4 Å². The lowest BCUT2D eigenvalue weighted by Gasteiger charge is -2.39. The zero-order valence-electron chi connectivity index (χ0n) is 13.9. The Kier molecular flexibility index (Phi) is 6.70. The van der Waals surface area contributed by atoms with Crippen LogP contribution in [-0.4, -0.2) is 23.4 Å². The summed E-state index contributed by atoms with van der Waals surface area (Å²) in [5.74, 6) is -0.508. The topological polar surface area (TPSA) is 46.3 Å². The molecule has 2 atom stereocenters. The second-order valence-corrected chi connectivity index (χ2v) is 6.65. The first-order chi connectivity index (χ1) is 10.6. The third-order valence-electron chi connectivity index (χ3n) is 4.66. The normalized spacial score (nSPS) is 24.2. The number of nitrogens with zero attached hydrogens (tertiary/aromatic N) is 1. The molecule has 0 saturated heterocycles. The van der Waals surface area contributed by atoms with Crippen molar-refractivity contribution in [3.05, 3.63) is 35.4 Å². The highest BCUT2D eigenvalue weighted by molar-refractivity contribution is 5.85. The Balaban J connectivity index is 0.00000288. The number of halogens is 4. The van der Waals surface area contributed by atoms with Gasteiger partial charge >= 0.3 is 6.18 Å². The molecule has 0 aromatic heterocycles. The molecule has 136 valence electrons. The molecule has 1 aliphatic rings. The van der Waals surface area contributed by atoms with Crippen LogP contribution in [0.1, 0.15) is 43.7 Å². The summed E-state index contributed by atoms with van der Waals surface area (Å²) in [6.07, 6.45) is -1.06. The van der Waals surface area contributed by atoms with Crippen LogP contribution in [0.2, 0.25) is 0 Å². The van der Waals surface area contributed by atoms with Crippen LogP contribution in [0.4, 0.5) is 13.2 Å². The van der Waals surface area contributed by atoms with E-state index in [-0.39, 0.29) is 36.3 Å². The number of amides is 1. The van der Waals surface area contributed by atoms with Crippen molar-refractivity contribution in [3.8, 4) is 0 Å². The number of alkyl halides is 3. The predicted molar refractivity (Wildman–Crippen MR) is 89.7 cm³/mol. The molecule has 24 heavy (non-hydrogen) atoms. The van der Waals surface area contributed by atoms with Gasteiger partial charge in [-0.1, -0.05) is 31.0 Å². The minimum atomic E-state index is -4.42. The van der Waals surface area contributed by atoms with Gasteiger partial charge in [-0.15, -0.1) is 12.4 Å². The van der Waals surface area contributed by atoms with E-state index in [0.29, 0.717) is 6.42 Å². The number of hydrogen-bond acceptors (Lipinski definition) is 2. The van der Waals surface area contributed by atoms with Crippen LogP contribution in [0.5, 0.6) is 0 Å². The lowest BCUT2D eigenvalue weighted by Crippen LogP contribution is -2.53. The fourth-order valence-corrected chi connectivity index (χ4v) is 3.30. The fourth-order valence-electron chi connectivity index (χ4n) is 3.30. The summed E-state index contributed by atoms with van der Waals surface area (Å²) >= 11 is 0. The Bertz CT molecular complexity index is 575. The quantitative estimate of drug-likeness (QED) is 0.881. The van der Waals surface area contributed by atoms with E-state index in [4.69, 9.17) is 5.73 Å². The molecule has 2 unspecified atom stereocenters. The second-order valence-electron chi connectivity index (χ2n) is 6.65. The van der Waals surface area contributed by atoms with Crippen LogP contribution in [0, 0.1) is 5.92 Å². The van der Waals surface area contributed by atoms with Gasteiger partial charge in [0.05, 0.1) is 11.5 Å². The number of rotatable bonds is 3. The Morgan fingerprint density at radius 3 is 2.54 bits per heavy atom. The maximum Gasteiger partial charge on any atom is 0.416 e. The molecule has 1 aliphatic carbocycles. The third-order valence-corrected chi connectivity index (χ3v) is 4.66. The molecule has 2 rings (SSSR count). The summed E-state index contributed by atoms with van der Waals surface area (Å²) in [7, 11) is 1.54. The van der Waals surface area contributed by atoms with Crippen molar-refractivity contribution >= 4 is 18.3 Å². The molecule has 1 fully saturated rings. The first-order valence-corrected chi connectivity index (χ1v) is 7.82. The van der Waals surface area contributed by atoms with E-state index in [9.17, 15) is 18.0 Å². The van der Waals surface area contributed by atoms with Crippen LogP contribution in [-0.2, 0) is 17.5 Å². The molecule has 0 spiro atoms. The third kappa shape index (κ3) is 4.63. The van der Waals surface area contributed by atoms with Crippen LogP contribution in [0.15, 0.2) is 24.3 Å². The van der Waals surface area contributed by atoms with Crippen molar-refractivity contribution in [2.75, 3.05) is 7.05 Å². The van der Waals surface area contributed by atoms with E-state index in [1.54, 1.807) is 13.1 Å². The summed E-state index contributed by atoms with van der Waals surface area (Å²) in [5, 5.41) is 0. The van der Waals surface area contributed by atoms with Gasteiger partial charge in [-0.25, -0.2) is 0 Å². The highest BCUT2D eigenvalue weighted by atomic mass is 35.5. The van der Waals surface area contributed by atoms with Crippen LogP contribution in [0.3, 0.4) is 0 Å². The summed E-state index contributed by atoms with van der Waals surface area (Å²) in [6.45, 7) is 1.79. The average Bonchev–Trinajstić information content (AvgIpc) is 2.45. The number of benzene rings is 1. The first-order valence-electron chi connectivity index (χ1n) is 7.82. The second kappa shape index (κ2) is 7.74. The van der Waals surface area contributed by atoms with Gasteiger partial charge in [-0.05, 0) is 31.4 Å². The SMILES string of the molecule is CN(Cc1ccccc1C(F)(F)F)C(=O)C1CCCCC1(C)N.Cl. The molecule has 7 heteroatoms. The van der Waals surface area contributed by atoms with Crippen molar-refractivity contribution in [1.29, 1.82) is 0 Å². The number of nitrogens with two attached hydrogens (primary N) is 1. The van der Waals surface area contributed by atoms with E-state index in [1.165, 1.54) is 17.0 Å². The maximum atomic E-state index is 13.1. The molecule has 0 aliphatic heterocycles. The molecule has 1 aromatic rings. The number of hydrogen-bond donors (Lipinski definition) is 1. The molecule has 3 nitrogen and oxygen atoms in total. The molecule has 1 amide bonds. The fraction of sp³-hybridized carbons (Fsp3) is 0.588. The average molecular weight is 365 g/mol. The van der Waals surface area contributed by atoms with Crippen molar-refractivity contribution in [2.24, 2.45) is 11.7 Å². The Labute approximate surface area is 146 Å². The smallest absolute Gasteiger partial charge is 0.341 e. The van der Waals surface area contributed by atoms with Crippen LogP contribution in [0.25, 0.3) is 0 Å². The van der Waals surface area contributed by atoms with E-state index in [0.717, 1.165) is 25.3 Å². The maximum absolute atomic E-state index is 13.1. The van der Waals surface area contributed by atoms with Crippen molar-refractivity contribution in [2.45, 2.75) is 50.9 Å². The molecule has 0 bridgehead atoms. The van der Waals surface area contributed by atoms with Crippen molar-refractivity contribution < 1.29 is 18.0 Å². The molecular formula is C17H24ClF3N2O. The molecular weight excluding hydrogens is 341 g/mol. The van der Waals surface area contributed by atoms with Gasteiger partial charge < -0.3 is 10.6 Å². The summed E-state index contributed by atoms with van der Waals surface area (Å²) in [6, 6.07) is 5.36. The van der Waals surface area contributed by atoms with Crippen molar-refractivity contribution in [1.82, 2.24) is 4.90 Å². The standard InChI is InChI=1S/C17H23F3N2O.ClH/c1-16(21)10-6-5-9-14(16)15(23)22(2)11-12-7-3-4-8-13(12)17(18,19)20;/h3-4,7-8,14H,5-6,9-11,21H2,1-2H3;1H. The van der Waals surface area contributed by atoms with E-state index < -0.39 is 17.3 Å². The lowest BCUT2D eigenvalue weighted by atomic mass is 9.74.